The maximum Gasteiger partial charge on any atom is 0.254 e. The third-order valence-corrected chi connectivity index (χ3v) is 5.97. The summed E-state index contributed by atoms with van der Waals surface area (Å²) in [5.41, 5.74) is 5.30. The van der Waals surface area contributed by atoms with Gasteiger partial charge in [0.05, 0.1) is 12.1 Å². The lowest BCUT2D eigenvalue weighted by Gasteiger charge is -2.26. The summed E-state index contributed by atoms with van der Waals surface area (Å²) in [6.45, 7) is 8.69. The Kier molecular flexibility index (Phi) is 5.63. The highest BCUT2D eigenvalue weighted by atomic mass is 16.5. The van der Waals surface area contributed by atoms with Crippen molar-refractivity contribution >= 4 is 17.4 Å². The van der Waals surface area contributed by atoms with E-state index in [9.17, 15) is 9.59 Å². The van der Waals surface area contributed by atoms with E-state index in [0.29, 0.717) is 48.8 Å². The van der Waals surface area contributed by atoms with Crippen LogP contribution in [-0.4, -0.2) is 32.5 Å². The van der Waals surface area contributed by atoms with E-state index in [1.807, 2.05) is 12.1 Å². The number of aryl methyl sites for hydroxylation is 3. The van der Waals surface area contributed by atoms with Crippen LogP contribution in [0.3, 0.4) is 0 Å². The van der Waals surface area contributed by atoms with Crippen LogP contribution in [0, 0.1) is 27.7 Å². The second kappa shape index (κ2) is 8.37. The number of anilines is 2. The van der Waals surface area contributed by atoms with E-state index in [2.05, 4.69) is 40.4 Å². The molecule has 2 N–H and O–H groups in total. The minimum atomic E-state index is -0.169. The van der Waals surface area contributed by atoms with E-state index < -0.39 is 0 Å². The first-order chi connectivity index (χ1) is 14.8. The number of hydrogen-bond acceptors (Lipinski definition) is 6. The Bertz CT molecular complexity index is 1190. The molecule has 0 saturated heterocycles. The monoisotopic (exact) mass is 421 g/mol. The molecule has 31 heavy (non-hydrogen) atoms. The zero-order valence-corrected chi connectivity index (χ0v) is 18.3. The molecule has 0 atom stereocenters. The third kappa shape index (κ3) is 4.23. The van der Waals surface area contributed by atoms with Gasteiger partial charge in [-0.3, -0.25) is 9.59 Å². The van der Waals surface area contributed by atoms with Crippen LogP contribution in [0.2, 0.25) is 0 Å². The van der Waals surface area contributed by atoms with Gasteiger partial charge in [0.25, 0.3) is 5.56 Å². The van der Waals surface area contributed by atoms with Crippen LogP contribution in [0.1, 0.15) is 46.0 Å². The van der Waals surface area contributed by atoms with Crippen molar-refractivity contribution in [3.63, 3.8) is 0 Å². The fourth-order valence-electron chi connectivity index (χ4n) is 3.97. The van der Waals surface area contributed by atoms with Crippen molar-refractivity contribution in [2.75, 3.05) is 11.9 Å². The number of benzene rings is 1. The Morgan fingerprint density at radius 1 is 1.26 bits per heavy atom. The molecule has 1 aliphatic rings. The predicted octanol–water partition coefficient (Wildman–Crippen LogP) is 3.25. The number of rotatable bonds is 5. The summed E-state index contributed by atoms with van der Waals surface area (Å²) < 4.78 is 5.53. The molecule has 3 aromatic rings. The quantitative estimate of drug-likeness (QED) is 0.655. The molecule has 0 unspecified atom stereocenters. The van der Waals surface area contributed by atoms with E-state index >= 15 is 0 Å². The van der Waals surface area contributed by atoms with E-state index in [0.717, 1.165) is 22.6 Å². The minimum absolute atomic E-state index is 0.00362. The van der Waals surface area contributed by atoms with Crippen LogP contribution in [0.25, 0.3) is 0 Å². The number of fused-ring (bicyclic) bond motifs is 1. The van der Waals surface area contributed by atoms with Gasteiger partial charge in [-0.25, -0.2) is 4.98 Å². The third-order valence-electron chi connectivity index (χ3n) is 5.97. The van der Waals surface area contributed by atoms with Gasteiger partial charge < -0.3 is 19.7 Å². The number of nitrogens with one attached hydrogen (secondary N) is 2. The molecule has 0 saturated carbocycles. The first kappa shape index (κ1) is 20.8. The molecule has 1 aliphatic heterocycles. The normalized spacial score (nSPS) is 13.2. The lowest BCUT2D eigenvalue weighted by Crippen LogP contribution is -2.36. The Labute approximate surface area is 180 Å². The van der Waals surface area contributed by atoms with Crippen molar-refractivity contribution in [1.82, 2.24) is 20.0 Å². The van der Waals surface area contributed by atoms with E-state index in [-0.39, 0.29) is 17.9 Å². The van der Waals surface area contributed by atoms with Gasteiger partial charge in [-0.15, -0.1) is 0 Å². The van der Waals surface area contributed by atoms with Crippen molar-refractivity contribution in [3.05, 3.63) is 68.1 Å². The highest BCUT2D eigenvalue weighted by Gasteiger charge is 2.27. The van der Waals surface area contributed by atoms with Gasteiger partial charge in [-0.2, -0.15) is 0 Å². The lowest BCUT2D eigenvalue weighted by molar-refractivity contribution is -0.132. The van der Waals surface area contributed by atoms with Gasteiger partial charge >= 0.3 is 0 Å². The van der Waals surface area contributed by atoms with Crippen LogP contribution in [-0.2, 0) is 24.2 Å². The molecule has 0 fully saturated rings. The molecule has 2 aromatic heterocycles. The molecule has 0 aliphatic carbocycles. The summed E-state index contributed by atoms with van der Waals surface area (Å²) in [7, 11) is 0. The highest BCUT2D eigenvalue weighted by molar-refractivity contribution is 5.77. The van der Waals surface area contributed by atoms with Gasteiger partial charge in [0.15, 0.2) is 5.82 Å². The zero-order valence-electron chi connectivity index (χ0n) is 18.3. The molecular formula is C23H27N5O3. The first-order valence-corrected chi connectivity index (χ1v) is 10.5. The first-order valence-electron chi connectivity index (χ1n) is 10.5. The SMILES string of the molecule is Cc1nc(C)c(CCC(=O)N2CCc3onc(Nc4cccc(C)c4C)c3C2)c(=O)[nH]1. The second-order valence-electron chi connectivity index (χ2n) is 8.09. The van der Waals surface area contributed by atoms with Crippen LogP contribution in [0.15, 0.2) is 27.5 Å². The lowest BCUT2D eigenvalue weighted by atomic mass is 10.0. The van der Waals surface area contributed by atoms with Crippen LogP contribution in [0.5, 0.6) is 0 Å². The van der Waals surface area contributed by atoms with Crippen LogP contribution in [0.4, 0.5) is 11.5 Å². The minimum Gasteiger partial charge on any atom is -0.359 e. The molecule has 8 heteroatoms. The Morgan fingerprint density at radius 2 is 2.06 bits per heavy atom. The highest BCUT2D eigenvalue weighted by Crippen LogP contribution is 2.30. The summed E-state index contributed by atoms with van der Waals surface area (Å²) in [5.74, 6) is 2.05. The number of nitrogens with zero attached hydrogens (tertiary/aromatic N) is 3. The van der Waals surface area contributed by atoms with Crippen LogP contribution >= 0.6 is 0 Å². The number of carbonyl (C=O) groups is 1. The molecule has 3 heterocycles. The number of hydrogen-bond donors (Lipinski definition) is 2. The van der Waals surface area contributed by atoms with Crippen LogP contribution < -0.4 is 10.9 Å². The van der Waals surface area contributed by atoms with E-state index in [1.54, 1.807) is 18.7 Å². The number of aromatic nitrogens is 3. The molecular weight excluding hydrogens is 394 g/mol. The smallest absolute Gasteiger partial charge is 0.254 e. The van der Waals surface area contributed by atoms with Gasteiger partial charge in [0, 0.05) is 36.3 Å². The van der Waals surface area contributed by atoms with Gasteiger partial charge in [-0.1, -0.05) is 17.3 Å². The zero-order chi connectivity index (χ0) is 22.1. The molecule has 0 bridgehead atoms. The summed E-state index contributed by atoms with van der Waals surface area (Å²) in [5, 5.41) is 7.57. The molecule has 8 nitrogen and oxygen atoms in total. The Hall–Kier alpha value is -3.42. The Morgan fingerprint density at radius 3 is 2.84 bits per heavy atom. The molecule has 1 amide bonds. The van der Waals surface area contributed by atoms with Crippen molar-refractivity contribution in [2.45, 2.75) is 53.5 Å². The number of carbonyl (C=O) groups excluding carboxylic acids is 1. The van der Waals surface area contributed by atoms with Gasteiger partial charge in [0.2, 0.25) is 5.91 Å². The van der Waals surface area contributed by atoms with Crippen molar-refractivity contribution in [1.29, 1.82) is 0 Å². The Balaban J connectivity index is 1.46. The second-order valence-corrected chi connectivity index (χ2v) is 8.09. The van der Waals surface area contributed by atoms with E-state index in [4.69, 9.17) is 4.52 Å². The largest absolute Gasteiger partial charge is 0.359 e. The summed E-state index contributed by atoms with van der Waals surface area (Å²) in [6, 6.07) is 6.07. The van der Waals surface area contributed by atoms with Gasteiger partial charge in [-0.05, 0) is 51.3 Å². The number of aromatic amines is 1. The molecule has 162 valence electrons. The van der Waals surface area contributed by atoms with Crippen molar-refractivity contribution in [2.24, 2.45) is 0 Å². The molecule has 0 radical (unpaired) electrons. The summed E-state index contributed by atoms with van der Waals surface area (Å²) in [6.07, 6.45) is 1.25. The summed E-state index contributed by atoms with van der Waals surface area (Å²) >= 11 is 0. The fraction of sp³-hybridized carbons (Fsp3) is 0.391. The maximum absolute atomic E-state index is 12.9. The summed E-state index contributed by atoms with van der Waals surface area (Å²) in [4.78, 5) is 33.9. The average molecular weight is 422 g/mol. The fourth-order valence-corrected chi connectivity index (χ4v) is 3.97. The molecule has 4 rings (SSSR count). The molecule has 0 spiro atoms. The standard InChI is InChI=1S/C23H27N5O3/c1-13-6-5-7-19(14(13)2)26-22-18-12-28(11-10-20(18)31-27-22)21(29)9-8-17-15(3)24-16(4)25-23(17)30/h5-7H,8-12H2,1-4H3,(H,26,27)(H,24,25,30). The van der Waals surface area contributed by atoms with Crippen molar-refractivity contribution < 1.29 is 9.32 Å². The van der Waals surface area contributed by atoms with Gasteiger partial charge in [0.1, 0.15) is 11.6 Å². The predicted molar refractivity (Wildman–Crippen MR) is 117 cm³/mol. The van der Waals surface area contributed by atoms with E-state index in [1.165, 1.54) is 5.56 Å². The number of amides is 1. The number of H-pyrrole nitrogens is 1. The maximum atomic E-state index is 12.9. The average Bonchev–Trinajstić information content (AvgIpc) is 3.12. The topological polar surface area (TPSA) is 104 Å². The van der Waals surface area contributed by atoms with Crippen molar-refractivity contribution in [3.8, 4) is 0 Å². The molecule has 1 aromatic carbocycles.